The molecule has 196 valence electrons. The molecule has 1 heterocycles. The molecule has 4 rings (SSSR count). The van der Waals surface area contributed by atoms with Crippen LogP contribution in [-0.4, -0.2) is 44.4 Å². The average molecular weight is 568 g/mol. The Balaban J connectivity index is 1.65. The highest BCUT2D eigenvalue weighted by Crippen LogP contribution is 2.23. The highest BCUT2D eigenvalue weighted by Gasteiger charge is 2.23. The molecule has 3 aromatic carbocycles. The van der Waals surface area contributed by atoms with Gasteiger partial charge in [-0.25, -0.2) is 16.8 Å². The van der Waals surface area contributed by atoms with Crippen LogP contribution < -0.4 is 4.80 Å². The number of nitrogens with zero attached hydrogens (tertiary/aromatic N) is 3. The normalized spacial score (nSPS) is 12.6. The molecule has 0 unspecified atom stereocenters. The summed E-state index contributed by atoms with van der Waals surface area (Å²) in [5.41, 5.74) is 1.73. The van der Waals surface area contributed by atoms with Crippen molar-refractivity contribution in [1.29, 1.82) is 0 Å². The molecule has 11 heteroatoms. The standard InChI is InChI=1S/C27H25N3O5S3/c1-4-17-30-24-16-15-23(37(3,32)33)18-25(24)36-27(30)28-26(31)21-11-13-22(14-12-21)38(34,35)29(5-2)19-20-9-7-6-8-10-20/h1,6-16,18H,5,17,19H2,2-3H3. The number of hydrogen-bond donors (Lipinski definition) is 0. The molecule has 0 atom stereocenters. The highest BCUT2D eigenvalue weighted by molar-refractivity contribution is 7.90. The molecule has 4 aromatic rings. The number of aromatic nitrogens is 1. The monoisotopic (exact) mass is 567 g/mol. The first kappa shape index (κ1) is 27.5. The van der Waals surface area contributed by atoms with Gasteiger partial charge in [-0.1, -0.05) is 54.5 Å². The lowest BCUT2D eigenvalue weighted by Gasteiger charge is -2.20. The largest absolute Gasteiger partial charge is 0.305 e. The van der Waals surface area contributed by atoms with E-state index in [1.165, 1.54) is 40.7 Å². The topological polar surface area (TPSA) is 106 Å². The minimum absolute atomic E-state index is 0.0735. The Hall–Kier alpha value is -3.56. The van der Waals surface area contributed by atoms with Gasteiger partial charge in [-0.15, -0.1) is 6.42 Å². The highest BCUT2D eigenvalue weighted by atomic mass is 32.2. The minimum atomic E-state index is -3.78. The van der Waals surface area contributed by atoms with E-state index in [0.29, 0.717) is 15.0 Å². The Labute approximate surface area is 225 Å². The lowest BCUT2D eigenvalue weighted by Crippen LogP contribution is -2.30. The van der Waals surface area contributed by atoms with Crippen molar-refractivity contribution in [3.63, 3.8) is 0 Å². The van der Waals surface area contributed by atoms with Gasteiger partial charge in [0.1, 0.15) is 0 Å². The van der Waals surface area contributed by atoms with Crippen molar-refractivity contribution in [2.24, 2.45) is 4.99 Å². The van der Waals surface area contributed by atoms with E-state index in [4.69, 9.17) is 6.42 Å². The predicted molar refractivity (Wildman–Crippen MR) is 148 cm³/mol. The molecule has 1 aromatic heterocycles. The van der Waals surface area contributed by atoms with Crippen LogP contribution in [0, 0.1) is 12.3 Å². The van der Waals surface area contributed by atoms with E-state index in [0.717, 1.165) is 23.2 Å². The van der Waals surface area contributed by atoms with Crippen LogP contribution in [-0.2, 0) is 33.0 Å². The summed E-state index contributed by atoms with van der Waals surface area (Å²) in [5, 5.41) is 0. The van der Waals surface area contributed by atoms with Crippen molar-refractivity contribution in [3.05, 3.63) is 88.7 Å². The van der Waals surface area contributed by atoms with Gasteiger partial charge in [-0.05, 0) is 48.0 Å². The fourth-order valence-electron chi connectivity index (χ4n) is 3.84. The quantitative estimate of drug-likeness (QED) is 0.302. The zero-order valence-corrected chi connectivity index (χ0v) is 23.2. The van der Waals surface area contributed by atoms with E-state index < -0.39 is 25.8 Å². The van der Waals surface area contributed by atoms with Gasteiger partial charge in [0.15, 0.2) is 14.6 Å². The second-order valence-corrected chi connectivity index (χ2v) is 13.4. The van der Waals surface area contributed by atoms with Crippen LogP contribution >= 0.6 is 11.3 Å². The molecule has 0 aliphatic heterocycles. The molecule has 0 bridgehead atoms. The van der Waals surface area contributed by atoms with Crippen molar-refractivity contribution >= 4 is 47.3 Å². The summed E-state index contributed by atoms with van der Waals surface area (Å²) in [7, 11) is -7.19. The van der Waals surface area contributed by atoms with Gasteiger partial charge in [-0.2, -0.15) is 9.30 Å². The Morgan fingerprint density at radius 2 is 1.66 bits per heavy atom. The molecular formula is C27H25N3O5S3. The number of thiazole rings is 1. The molecule has 0 saturated heterocycles. The second kappa shape index (κ2) is 11.0. The van der Waals surface area contributed by atoms with Gasteiger partial charge in [0, 0.05) is 24.9 Å². The number of rotatable bonds is 8. The van der Waals surface area contributed by atoms with Gasteiger partial charge < -0.3 is 4.57 Å². The van der Waals surface area contributed by atoms with E-state index in [9.17, 15) is 21.6 Å². The van der Waals surface area contributed by atoms with E-state index in [1.807, 2.05) is 30.3 Å². The minimum Gasteiger partial charge on any atom is -0.305 e. The van der Waals surface area contributed by atoms with Gasteiger partial charge in [0.05, 0.1) is 26.6 Å². The van der Waals surface area contributed by atoms with E-state index in [-0.39, 0.29) is 35.0 Å². The first-order valence-electron chi connectivity index (χ1n) is 11.5. The smallest absolute Gasteiger partial charge is 0.279 e. The SMILES string of the molecule is C#CCn1c(=NC(=O)c2ccc(S(=O)(=O)N(CC)Cc3ccccc3)cc2)sc2cc(S(C)(=O)=O)ccc21. The number of sulfonamides is 1. The van der Waals surface area contributed by atoms with Gasteiger partial charge in [-0.3, -0.25) is 4.79 Å². The lowest BCUT2D eigenvalue weighted by atomic mass is 10.2. The maximum absolute atomic E-state index is 13.2. The first-order chi connectivity index (χ1) is 18.0. The van der Waals surface area contributed by atoms with E-state index in [1.54, 1.807) is 17.6 Å². The second-order valence-electron chi connectivity index (χ2n) is 8.43. The van der Waals surface area contributed by atoms with Crippen LogP contribution in [0.15, 0.2) is 87.6 Å². The van der Waals surface area contributed by atoms with Crippen molar-refractivity contribution in [3.8, 4) is 12.3 Å². The van der Waals surface area contributed by atoms with Gasteiger partial charge in [0.25, 0.3) is 5.91 Å². The zero-order chi connectivity index (χ0) is 27.5. The number of amides is 1. The molecule has 1 amide bonds. The number of benzene rings is 3. The fourth-order valence-corrected chi connectivity index (χ4v) is 7.06. The summed E-state index contributed by atoms with van der Waals surface area (Å²) in [6.07, 6.45) is 6.64. The molecular weight excluding hydrogens is 543 g/mol. The third-order valence-corrected chi connectivity index (χ3v) is 9.91. The molecule has 0 saturated carbocycles. The van der Waals surface area contributed by atoms with Crippen molar-refractivity contribution in [2.45, 2.75) is 29.8 Å². The molecule has 0 aliphatic carbocycles. The van der Waals surface area contributed by atoms with Crippen LogP contribution in [0.1, 0.15) is 22.8 Å². The van der Waals surface area contributed by atoms with Crippen molar-refractivity contribution in [2.75, 3.05) is 12.8 Å². The zero-order valence-electron chi connectivity index (χ0n) is 20.7. The Bertz CT molecular complexity index is 1810. The van der Waals surface area contributed by atoms with Crippen LogP contribution in [0.2, 0.25) is 0 Å². The number of fused-ring (bicyclic) bond motifs is 1. The first-order valence-corrected chi connectivity index (χ1v) is 15.7. The summed E-state index contributed by atoms with van der Waals surface area (Å²) in [6.45, 7) is 2.43. The summed E-state index contributed by atoms with van der Waals surface area (Å²) in [5.74, 6) is 1.95. The summed E-state index contributed by atoms with van der Waals surface area (Å²) in [6, 6.07) is 19.6. The molecule has 0 spiro atoms. The Kier molecular flexibility index (Phi) is 7.99. The molecule has 0 aliphatic rings. The predicted octanol–water partition coefficient (Wildman–Crippen LogP) is 3.69. The molecule has 8 nitrogen and oxygen atoms in total. The van der Waals surface area contributed by atoms with E-state index in [2.05, 4.69) is 10.9 Å². The number of carbonyl (C=O) groups excluding carboxylic acids is 1. The maximum Gasteiger partial charge on any atom is 0.279 e. The average Bonchev–Trinajstić information content (AvgIpc) is 3.23. The maximum atomic E-state index is 13.2. The molecule has 0 radical (unpaired) electrons. The number of terminal acetylenes is 1. The molecule has 0 N–H and O–H groups in total. The van der Waals surface area contributed by atoms with Crippen LogP contribution in [0.3, 0.4) is 0 Å². The van der Waals surface area contributed by atoms with Crippen LogP contribution in [0.25, 0.3) is 10.2 Å². The number of hydrogen-bond acceptors (Lipinski definition) is 6. The summed E-state index contributed by atoms with van der Waals surface area (Å²) in [4.78, 5) is 17.7. The molecule has 0 fully saturated rings. The third kappa shape index (κ3) is 5.79. The lowest BCUT2D eigenvalue weighted by molar-refractivity contribution is 0.0997. The molecule has 38 heavy (non-hydrogen) atoms. The van der Waals surface area contributed by atoms with E-state index >= 15 is 0 Å². The summed E-state index contributed by atoms with van der Waals surface area (Å²) >= 11 is 1.15. The van der Waals surface area contributed by atoms with Crippen molar-refractivity contribution < 1.29 is 21.6 Å². The number of carbonyl (C=O) groups is 1. The Morgan fingerprint density at radius 1 is 1.00 bits per heavy atom. The fraction of sp³-hybridized carbons (Fsp3) is 0.185. The Morgan fingerprint density at radius 3 is 2.26 bits per heavy atom. The van der Waals surface area contributed by atoms with Gasteiger partial charge >= 0.3 is 0 Å². The summed E-state index contributed by atoms with van der Waals surface area (Å²) < 4.78 is 54.0. The van der Waals surface area contributed by atoms with Crippen LogP contribution in [0.4, 0.5) is 0 Å². The number of sulfone groups is 1. The van der Waals surface area contributed by atoms with Crippen LogP contribution in [0.5, 0.6) is 0 Å². The third-order valence-electron chi connectivity index (χ3n) is 5.82. The van der Waals surface area contributed by atoms with Gasteiger partial charge in [0.2, 0.25) is 10.0 Å². The van der Waals surface area contributed by atoms with Crippen molar-refractivity contribution in [1.82, 2.24) is 8.87 Å².